The first-order valence-corrected chi connectivity index (χ1v) is 6.38. The van der Waals surface area contributed by atoms with Gasteiger partial charge in [-0.1, -0.05) is 6.92 Å². The second-order valence-corrected chi connectivity index (χ2v) is 6.25. The number of carboxylic acids is 1. The van der Waals surface area contributed by atoms with E-state index in [-0.39, 0.29) is 12.3 Å². The summed E-state index contributed by atoms with van der Waals surface area (Å²) in [6.45, 7) is 2.17. The maximum atomic E-state index is 10.7. The Morgan fingerprint density at radius 1 is 1.71 bits per heavy atom. The van der Waals surface area contributed by atoms with E-state index in [0.717, 1.165) is 6.42 Å². The van der Waals surface area contributed by atoms with E-state index in [9.17, 15) is 4.79 Å². The second-order valence-electron chi connectivity index (χ2n) is 3.62. The van der Waals surface area contributed by atoms with Crippen LogP contribution in [0.3, 0.4) is 0 Å². The van der Waals surface area contributed by atoms with Crippen LogP contribution < -0.4 is 0 Å². The third kappa shape index (κ3) is 1.96. The molecule has 2 nitrogen and oxygen atoms in total. The Balaban J connectivity index is 2.23. The summed E-state index contributed by atoms with van der Waals surface area (Å²) >= 11 is 3.60. The lowest BCUT2D eigenvalue weighted by Crippen LogP contribution is -2.15. The van der Waals surface area contributed by atoms with Crippen molar-refractivity contribution in [2.75, 3.05) is 0 Å². The molecule has 2 atom stereocenters. The van der Waals surface area contributed by atoms with E-state index in [1.165, 1.54) is 9.77 Å². The van der Waals surface area contributed by atoms with Crippen molar-refractivity contribution in [1.82, 2.24) is 0 Å². The minimum absolute atomic E-state index is 0.227. The van der Waals surface area contributed by atoms with Crippen LogP contribution in [0, 0.1) is 0 Å². The Kier molecular flexibility index (Phi) is 2.83. The maximum absolute atomic E-state index is 10.7. The average Bonchev–Trinajstić information content (AvgIpc) is 2.50. The molecule has 0 saturated heterocycles. The van der Waals surface area contributed by atoms with Crippen molar-refractivity contribution >= 4 is 29.1 Å². The Morgan fingerprint density at radius 3 is 3.21 bits per heavy atom. The van der Waals surface area contributed by atoms with Crippen molar-refractivity contribution in [3.8, 4) is 0 Å². The van der Waals surface area contributed by atoms with Gasteiger partial charge in [0.25, 0.3) is 0 Å². The quantitative estimate of drug-likeness (QED) is 0.844. The van der Waals surface area contributed by atoms with Crippen LogP contribution in [0.5, 0.6) is 0 Å². The first-order chi connectivity index (χ1) is 6.66. The van der Waals surface area contributed by atoms with Crippen LogP contribution in [0.1, 0.15) is 31.2 Å². The van der Waals surface area contributed by atoms with Gasteiger partial charge >= 0.3 is 5.97 Å². The summed E-state index contributed by atoms with van der Waals surface area (Å²) in [5.74, 6) is -0.462. The van der Waals surface area contributed by atoms with Gasteiger partial charge in [-0.15, -0.1) is 23.1 Å². The van der Waals surface area contributed by atoms with Gasteiger partial charge in [-0.2, -0.15) is 0 Å². The zero-order chi connectivity index (χ0) is 10.1. The lowest BCUT2D eigenvalue weighted by molar-refractivity contribution is -0.137. The molecule has 76 valence electrons. The fraction of sp³-hybridized carbons (Fsp3) is 0.500. The van der Waals surface area contributed by atoms with Crippen LogP contribution in [0.15, 0.2) is 15.7 Å². The molecule has 0 spiro atoms. The molecule has 1 N–H and O–H groups in total. The molecule has 1 aromatic heterocycles. The lowest BCUT2D eigenvalue weighted by atomic mass is 9.93. The van der Waals surface area contributed by atoms with Crippen LogP contribution in [0.4, 0.5) is 0 Å². The molecule has 0 radical (unpaired) electrons. The summed E-state index contributed by atoms with van der Waals surface area (Å²) < 4.78 is 1.31. The Morgan fingerprint density at radius 2 is 2.50 bits per heavy atom. The molecule has 1 unspecified atom stereocenters. The molecule has 1 aliphatic rings. The van der Waals surface area contributed by atoms with Crippen molar-refractivity contribution in [3.05, 3.63) is 17.0 Å². The topological polar surface area (TPSA) is 37.3 Å². The number of hydrogen-bond acceptors (Lipinski definition) is 3. The van der Waals surface area contributed by atoms with Crippen LogP contribution in [0.25, 0.3) is 0 Å². The number of carbonyl (C=O) groups is 1. The molecule has 0 bridgehead atoms. The summed E-state index contributed by atoms with van der Waals surface area (Å²) in [4.78, 5) is 10.7. The van der Waals surface area contributed by atoms with Gasteiger partial charge in [0.1, 0.15) is 0 Å². The van der Waals surface area contributed by atoms with Gasteiger partial charge in [0, 0.05) is 5.25 Å². The fourth-order valence-electron chi connectivity index (χ4n) is 1.87. The molecule has 0 saturated carbocycles. The first-order valence-electron chi connectivity index (χ1n) is 4.62. The van der Waals surface area contributed by atoms with Gasteiger partial charge in [0.2, 0.25) is 0 Å². The third-order valence-corrected chi connectivity index (χ3v) is 4.79. The normalized spacial score (nSPS) is 25.8. The monoisotopic (exact) mass is 228 g/mol. The Labute approximate surface area is 91.3 Å². The zero-order valence-electron chi connectivity index (χ0n) is 7.90. The van der Waals surface area contributed by atoms with E-state index >= 15 is 0 Å². The predicted molar refractivity (Wildman–Crippen MR) is 59.2 cm³/mol. The predicted octanol–water partition coefficient (Wildman–Crippen LogP) is 3.19. The minimum atomic E-state index is -0.689. The average molecular weight is 228 g/mol. The van der Waals surface area contributed by atoms with Crippen molar-refractivity contribution in [1.29, 1.82) is 0 Å². The molecule has 0 aliphatic carbocycles. The number of aliphatic carboxylic acids is 1. The van der Waals surface area contributed by atoms with E-state index in [2.05, 4.69) is 18.4 Å². The molecule has 0 aromatic carbocycles. The number of thiophene rings is 1. The number of rotatable bonds is 2. The van der Waals surface area contributed by atoms with Crippen LogP contribution in [-0.2, 0) is 4.79 Å². The van der Waals surface area contributed by atoms with Crippen LogP contribution in [0.2, 0.25) is 0 Å². The van der Waals surface area contributed by atoms with Crippen molar-refractivity contribution in [2.24, 2.45) is 0 Å². The largest absolute Gasteiger partial charge is 0.481 e. The van der Waals surface area contributed by atoms with Gasteiger partial charge in [0.15, 0.2) is 0 Å². The number of hydrogen-bond donors (Lipinski definition) is 1. The third-order valence-electron chi connectivity index (χ3n) is 2.44. The molecule has 1 aliphatic heterocycles. The second kappa shape index (κ2) is 3.95. The van der Waals surface area contributed by atoms with Gasteiger partial charge in [-0.25, -0.2) is 0 Å². The van der Waals surface area contributed by atoms with Gasteiger partial charge < -0.3 is 5.11 Å². The molecule has 1 aromatic rings. The number of thioether (sulfide) groups is 1. The van der Waals surface area contributed by atoms with E-state index < -0.39 is 5.97 Å². The van der Waals surface area contributed by atoms with Gasteiger partial charge in [-0.3, -0.25) is 4.79 Å². The highest BCUT2D eigenvalue weighted by Crippen LogP contribution is 2.45. The summed E-state index contributed by atoms with van der Waals surface area (Å²) in [6, 6.07) is 2.08. The van der Waals surface area contributed by atoms with Gasteiger partial charge in [0.05, 0.1) is 10.6 Å². The highest BCUT2D eigenvalue weighted by molar-refractivity contribution is 8.01. The highest BCUT2D eigenvalue weighted by Gasteiger charge is 2.27. The maximum Gasteiger partial charge on any atom is 0.303 e. The molecule has 0 fully saturated rings. The standard InChI is InChI=1S/C10H12O2S2/c1-6-4-7(5-9(11)12)8-2-3-13-10(8)14-6/h2-3,6-7H,4-5H2,1H3,(H,11,12)/t6-,7?/m1/s1. The molecule has 4 heteroatoms. The van der Waals surface area contributed by atoms with E-state index in [0.29, 0.717) is 5.25 Å². The molecular formula is C10H12O2S2. The Bertz CT molecular complexity index is 346. The van der Waals surface area contributed by atoms with Crippen LogP contribution >= 0.6 is 23.1 Å². The SMILES string of the molecule is C[C@@H]1CC(CC(=O)O)c2ccsc2S1. The lowest BCUT2D eigenvalue weighted by Gasteiger charge is -2.25. The van der Waals surface area contributed by atoms with E-state index in [4.69, 9.17) is 5.11 Å². The molecule has 0 amide bonds. The molecule has 2 rings (SSSR count). The minimum Gasteiger partial charge on any atom is -0.481 e. The van der Waals surface area contributed by atoms with Crippen LogP contribution in [-0.4, -0.2) is 16.3 Å². The van der Waals surface area contributed by atoms with Crippen molar-refractivity contribution in [3.63, 3.8) is 0 Å². The summed E-state index contributed by atoms with van der Waals surface area (Å²) in [5, 5.41) is 11.4. The summed E-state index contributed by atoms with van der Waals surface area (Å²) in [5.41, 5.74) is 1.25. The fourth-order valence-corrected chi connectivity index (χ4v) is 4.52. The van der Waals surface area contributed by atoms with E-state index in [1.807, 2.05) is 11.8 Å². The molecular weight excluding hydrogens is 216 g/mol. The zero-order valence-corrected chi connectivity index (χ0v) is 9.53. The van der Waals surface area contributed by atoms with Gasteiger partial charge in [-0.05, 0) is 29.3 Å². The first kappa shape index (κ1) is 10.1. The van der Waals surface area contributed by atoms with Crippen molar-refractivity contribution < 1.29 is 9.90 Å². The summed E-state index contributed by atoms with van der Waals surface area (Å²) in [6.07, 6.45) is 1.26. The Hall–Kier alpha value is -0.480. The van der Waals surface area contributed by atoms with E-state index in [1.54, 1.807) is 11.3 Å². The molecule has 2 heterocycles. The number of fused-ring (bicyclic) bond motifs is 1. The smallest absolute Gasteiger partial charge is 0.303 e. The highest BCUT2D eigenvalue weighted by atomic mass is 32.2. The summed E-state index contributed by atoms with van der Waals surface area (Å²) in [7, 11) is 0. The van der Waals surface area contributed by atoms with Crippen molar-refractivity contribution in [2.45, 2.75) is 35.1 Å². The molecule has 14 heavy (non-hydrogen) atoms. The number of carboxylic acid groups (broad SMARTS) is 1.